The average Bonchev–Trinajstić information content (AvgIpc) is 2.89. The molecule has 0 fully saturated rings. The third-order valence-electron chi connectivity index (χ3n) is 6.03. The quantitative estimate of drug-likeness (QED) is 0.422. The Labute approximate surface area is 208 Å². The molecule has 1 unspecified atom stereocenters. The number of urea groups is 1. The molecule has 4 aromatic rings. The van der Waals surface area contributed by atoms with Gasteiger partial charge in [-0.05, 0) is 48.7 Å². The molecule has 1 aliphatic heterocycles. The van der Waals surface area contributed by atoms with Gasteiger partial charge in [0.2, 0.25) is 0 Å². The Bertz CT molecular complexity index is 1520. The summed E-state index contributed by atoms with van der Waals surface area (Å²) in [6.07, 6.45) is 0.0808. The van der Waals surface area contributed by atoms with Crippen LogP contribution >= 0.6 is 0 Å². The van der Waals surface area contributed by atoms with Gasteiger partial charge >= 0.3 is 6.03 Å². The zero-order valence-corrected chi connectivity index (χ0v) is 19.9. The SMILES string of the molecule is CC(C)CC1N(C(=O)Nc2ccc(C#N)cc2)c2ccccc2-c2nc(=O)c(-c3ccccc3)nn21. The largest absolute Gasteiger partial charge is 0.328 e. The molecule has 0 saturated carbocycles. The molecule has 2 heterocycles. The standard InChI is InChI=1S/C28H24N6O2/c1-18(2)16-24-33(28(36)30-21-14-12-19(17-29)13-15-21)23-11-7-6-10-22(23)26-31-27(35)25(32-34(24)26)20-8-4-3-5-9-20/h3-15,18,24H,16H2,1-2H3,(H,30,36). The van der Waals surface area contributed by atoms with Gasteiger partial charge in [0.25, 0.3) is 5.56 Å². The summed E-state index contributed by atoms with van der Waals surface area (Å²) in [6, 6.07) is 25.0. The first-order chi connectivity index (χ1) is 17.5. The van der Waals surface area contributed by atoms with Crippen molar-refractivity contribution in [3.05, 3.63) is 94.8 Å². The number of nitrogens with one attached hydrogen (secondary N) is 1. The number of carbonyl (C=O) groups is 1. The maximum Gasteiger partial charge on any atom is 0.328 e. The molecular formula is C28H24N6O2. The molecule has 0 radical (unpaired) electrons. The summed E-state index contributed by atoms with van der Waals surface area (Å²) >= 11 is 0. The minimum atomic E-state index is -0.510. The second kappa shape index (κ2) is 9.47. The van der Waals surface area contributed by atoms with Crippen molar-refractivity contribution in [2.75, 3.05) is 10.2 Å². The van der Waals surface area contributed by atoms with Gasteiger partial charge in [0.15, 0.2) is 11.5 Å². The van der Waals surface area contributed by atoms with Crippen LogP contribution in [0.3, 0.4) is 0 Å². The van der Waals surface area contributed by atoms with Gasteiger partial charge in [0.1, 0.15) is 6.17 Å². The van der Waals surface area contributed by atoms with Crippen molar-refractivity contribution in [1.29, 1.82) is 5.26 Å². The third-order valence-corrected chi connectivity index (χ3v) is 6.03. The molecule has 0 saturated heterocycles. The number of fused-ring (bicyclic) bond motifs is 3. The van der Waals surface area contributed by atoms with Crippen LogP contribution < -0.4 is 15.8 Å². The van der Waals surface area contributed by atoms with Crippen LogP contribution in [0.5, 0.6) is 0 Å². The molecule has 2 amide bonds. The van der Waals surface area contributed by atoms with Crippen LogP contribution in [-0.2, 0) is 0 Å². The van der Waals surface area contributed by atoms with Crippen LogP contribution in [0.1, 0.15) is 32.0 Å². The highest BCUT2D eigenvalue weighted by atomic mass is 16.2. The van der Waals surface area contributed by atoms with Gasteiger partial charge in [0.05, 0.1) is 17.3 Å². The lowest BCUT2D eigenvalue weighted by atomic mass is 10.0. The minimum Gasteiger partial charge on any atom is -0.307 e. The number of para-hydroxylation sites is 1. The summed E-state index contributed by atoms with van der Waals surface area (Å²) in [7, 11) is 0. The van der Waals surface area contributed by atoms with E-state index in [-0.39, 0.29) is 17.6 Å². The number of anilines is 2. The van der Waals surface area contributed by atoms with Gasteiger partial charge < -0.3 is 5.32 Å². The number of aromatic nitrogens is 3. The fourth-order valence-corrected chi connectivity index (χ4v) is 4.39. The van der Waals surface area contributed by atoms with E-state index in [2.05, 4.69) is 30.2 Å². The van der Waals surface area contributed by atoms with E-state index in [0.717, 1.165) is 0 Å². The van der Waals surface area contributed by atoms with Gasteiger partial charge in [-0.2, -0.15) is 15.3 Å². The van der Waals surface area contributed by atoms with E-state index in [1.807, 2.05) is 54.6 Å². The van der Waals surface area contributed by atoms with Crippen LogP contribution in [0, 0.1) is 17.2 Å². The van der Waals surface area contributed by atoms with Crippen molar-refractivity contribution in [3.63, 3.8) is 0 Å². The van der Waals surface area contributed by atoms with Crippen LogP contribution in [0.15, 0.2) is 83.7 Å². The zero-order chi connectivity index (χ0) is 25.2. The van der Waals surface area contributed by atoms with Crippen LogP contribution in [-0.4, -0.2) is 20.8 Å². The topological polar surface area (TPSA) is 104 Å². The number of hydrogen-bond acceptors (Lipinski definition) is 5. The van der Waals surface area contributed by atoms with Crippen LogP contribution in [0.4, 0.5) is 16.2 Å². The molecule has 5 rings (SSSR count). The van der Waals surface area contributed by atoms with Gasteiger partial charge in [-0.1, -0.05) is 56.3 Å². The summed E-state index contributed by atoms with van der Waals surface area (Å²) in [5.41, 5.74) is 2.87. The molecule has 1 atom stereocenters. The van der Waals surface area contributed by atoms with E-state index in [4.69, 9.17) is 10.4 Å². The lowest BCUT2D eigenvalue weighted by Gasteiger charge is -2.39. The average molecular weight is 477 g/mol. The number of hydrogen-bond donors (Lipinski definition) is 1. The van der Waals surface area contributed by atoms with E-state index in [0.29, 0.717) is 40.3 Å². The summed E-state index contributed by atoms with van der Waals surface area (Å²) in [5.74, 6) is 0.656. The van der Waals surface area contributed by atoms with E-state index < -0.39 is 11.7 Å². The van der Waals surface area contributed by atoms with Gasteiger partial charge in [-0.25, -0.2) is 9.48 Å². The molecule has 36 heavy (non-hydrogen) atoms. The highest BCUT2D eigenvalue weighted by Crippen LogP contribution is 2.41. The number of nitrogens with zero attached hydrogens (tertiary/aromatic N) is 5. The second-order valence-corrected chi connectivity index (χ2v) is 9.02. The molecule has 1 N–H and O–H groups in total. The first kappa shape index (κ1) is 23.0. The van der Waals surface area contributed by atoms with Crippen LogP contribution in [0.25, 0.3) is 22.6 Å². The molecule has 3 aromatic carbocycles. The van der Waals surface area contributed by atoms with Crippen molar-refractivity contribution in [2.24, 2.45) is 5.92 Å². The Kier molecular flexibility index (Phi) is 6.05. The maximum atomic E-state index is 13.7. The molecule has 8 nitrogen and oxygen atoms in total. The van der Waals surface area contributed by atoms with Crippen LogP contribution in [0.2, 0.25) is 0 Å². The normalized spacial score (nSPS) is 14.1. The van der Waals surface area contributed by atoms with Gasteiger partial charge in [-0.3, -0.25) is 9.69 Å². The highest BCUT2D eigenvalue weighted by Gasteiger charge is 2.37. The maximum absolute atomic E-state index is 13.7. The summed E-state index contributed by atoms with van der Waals surface area (Å²) in [4.78, 5) is 32.9. The van der Waals surface area contributed by atoms with Crippen molar-refractivity contribution < 1.29 is 4.79 Å². The fraction of sp³-hybridized carbons (Fsp3) is 0.179. The summed E-state index contributed by atoms with van der Waals surface area (Å²) in [5, 5.41) is 16.8. The second-order valence-electron chi connectivity index (χ2n) is 9.02. The number of rotatable bonds is 4. The van der Waals surface area contributed by atoms with Gasteiger partial charge in [0, 0.05) is 16.8 Å². The third kappa shape index (κ3) is 4.23. The molecule has 0 bridgehead atoms. The Morgan fingerprint density at radius 3 is 2.42 bits per heavy atom. The van der Waals surface area contributed by atoms with Crippen molar-refractivity contribution in [2.45, 2.75) is 26.4 Å². The predicted molar refractivity (Wildman–Crippen MR) is 138 cm³/mol. The van der Waals surface area contributed by atoms with Crippen molar-refractivity contribution in [3.8, 4) is 28.7 Å². The van der Waals surface area contributed by atoms with E-state index >= 15 is 0 Å². The minimum absolute atomic E-state index is 0.222. The first-order valence-electron chi connectivity index (χ1n) is 11.7. The molecule has 1 aromatic heterocycles. The van der Waals surface area contributed by atoms with Crippen molar-refractivity contribution >= 4 is 17.4 Å². The number of carbonyl (C=O) groups excluding carboxylic acids is 1. The predicted octanol–water partition coefficient (Wildman–Crippen LogP) is 5.44. The Balaban J connectivity index is 1.65. The monoisotopic (exact) mass is 476 g/mol. The lowest BCUT2D eigenvalue weighted by molar-refractivity contribution is 0.246. The summed E-state index contributed by atoms with van der Waals surface area (Å²) in [6.45, 7) is 4.15. The summed E-state index contributed by atoms with van der Waals surface area (Å²) < 4.78 is 1.70. The van der Waals surface area contributed by atoms with E-state index in [1.54, 1.807) is 33.8 Å². The Morgan fingerprint density at radius 2 is 1.72 bits per heavy atom. The number of benzene rings is 3. The number of nitriles is 1. The highest BCUT2D eigenvalue weighted by molar-refractivity contribution is 6.05. The lowest BCUT2D eigenvalue weighted by Crippen LogP contribution is -2.46. The number of amides is 2. The van der Waals surface area contributed by atoms with Crippen molar-refractivity contribution in [1.82, 2.24) is 14.8 Å². The molecular weight excluding hydrogens is 452 g/mol. The Hall–Kier alpha value is -4.77. The van der Waals surface area contributed by atoms with E-state index in [9.17, 15) is 9.59 Å². The molecule has 0 spiro atoms. The molecule has 0 aliphatic carbocycles. The zero-order valence-electron chi connectivity index (χ0n) is 19.9. The van der Waals surface area contributed by atoms with Gasteiger partial charge in [-0.15, -0.1) is 0 Å². The molecule has 1 aliphatic rings. The molecule has 178 valence electrons. The first-order valence-corrected chi connectivity index (χ1v) is 11.7. The van der Waals surface area contributed by atoms with E-state index in [1.165, 1.54) is 0 Å². The smallest absolute Gasteiger partial charge is 0.307 e. The Morgan fingerprint density at radius 1 is 1.03 bits per heavy atom. The molecule has 8 heteroatoms. The fourth-order valence-electron chi connectivity index (χ4n) is 4.39.